The van der Waals surface area contributed by atoms with E-state index in [1.165, 1.54) is 6.92 Å². The summed E-state index contributed by atoms with van der Waals surface area (Å²) in [5.74, 6) is -7.41. The van der Waals surface area contributed by atoms with Crippen molar-refractivity contribution in [1.29, 1.82) is 0 Å². The van der Waals surface area contributed by atoms with Crippen LogP contribution >= 0.6 is 0 Å². The molecule has 7 nitrogen and oxygen atoms in total. The third-order valence-electron chi connectivity index (χ3n) is 8.41. The normalized spacial score (nSPS) is 50.7. The number of carbonyl (C=O) groups excluding carboxylic acids is 3. The van der Waals surface area contributed by atoms with E-state index in [0.717, 1.165) is 5.57 Å². The van der Waals surface area contributed by atoms with Gasteiger partial charge in [0.05, 0.1) is 6.10 Å². The molecule has 148 valence electrons. The Morgan fingerprint density at radius 2 is 1.74 bits per heavy atom. The molecule has 7 heteroatoms. The maximum absolute atomic E-state index is 12.5. The summed E-state index contributed by atoms with van der Waals surface area (Å²) in [5.41, 5.74) is -3.54. The van der Waals surface area contributed by atoms with Crippen LogP contribution in [0.25, 0.3) is 0 Å². The third-order valence-corrected chi connectivity index (χ3v) is 8.41. The lowest BCUT2D eigenvalue weighted by molar-refractivity contribution is -0.344. The van der Waals surface area contributed by atoms with Gasteiger partial charge in [0.25, 0.3) is 0 Å². The summed E-state index contributed by atoms with van der Waals surface area (Å²) in [7, 11) is 0. The van der Waals surface area contributed by atoms with Gasteiger partial charge in [-0.1, -0.05) is 19.1 Å². The van der Waals surface area contributed by atoms with Crippen LogP contribution in [0.1, 0.15) is 45.4 Å². The van der Waals surface area contributed by atoms with E-state index < -0.39 is 58.0 Å². The number of hydrogen-bond acceptors (Lipinski definition) is 7. The van der Waals surface area contributed by atoms with Gasteiger partial charge in [0.1, 0.15) is 0 Å². The zero-order valence-corrected chi connectivity index (χ0v) is 15.2. The molecule has 0 aromatic rings. The van der Waals surface area contributed by atoms with E-state index >= 15 is 0 Å². The van der Waals surface area contributed by atoms with Crippen molar-refractivity contribution in [3.63, 3.8) is 0 Å². The second-order valence-corrected chi connectivity index (χ2v) is 9.47. The molecule has 4 saturated carbocycles. The van der Waals surface area contributed by atoms with Gasteiger partial charge in [0, 0.05) is 34.7 Å². The Kier molecular flexibility index (Phi) is 3.65. The highest BCUT2D eigenvalue weighted by atomic mass is 16.4. The Hall–Kier alpha value is -1.89. The highest BCUT2D eigenvalue weighted by molar-refractivity contribution is 5.84. The molecule has 0 unspecified atom stereocenters. The molecular weight excluding hydrogens is 352 g/mol. The van der Waals surface area contributed by atoms with Crippen molar-refractivity contribution in [2.75, 3.05) is 0 Å². The summed E-state index contributed by atoms with van der Waals surface area (Å²) in [6.45, 7) is 5.37. The molecule has 27 heavy (non-hydrogen) atoms. The first kappa shape index (κ1) is 18.5. The fraction of sp³-hybridized carbons (Fsp3) is 0.750. The average Bonchev–Trinajstić information content (AvgIpc) is 2.96. The van der Waals surface area contributed by atoms with Crippen molar-refractivity contribution in [2.24, 2.45) is 39.9 Å². The smallest absolute Gasteiger partial charge is 0.0558 e. The zero-order chi connectivity index (χ0) is 19.9. The number of carboxylic acid groups (broad SMARTS) is 3. The molecule has 0 aromatic carbocycles. The highest BCUT2D eigenvalue weighted by Gasteiger charge is 2.75. The first-order valence-electron chi connectivity index (χ1n) is 9.50. The van der Waals surface area contributed by atoms with Crippen molar-refractivity contribution in [3.8, 4) is 0 Å². The molecule has 0 aromatic heterocycles. The van der Waals surface area contributed by atoms with E-state index in [1.54, 1.807) is 0 Å². The van der Waals surface area contributed by atoms with Crippen molar-refractivity contribution < 1.29 is 34.8 Å². The standard InChI is InChI=1S/C20H26O7/c1-9-5-19-6-10(9)3-4-12(19)20(17(26)27)8-11(21)7-18(2,16(24)25)14(20)13(19)15(22)23/h10-14,21H,1,3-8H2,2H3,(H,22,23)(H,24,25)(H,26,27)/p-3/t10-,11-,12-,13-,14-,18-,19+,20-/m1/s1. The van der Waals surface area contributed by atoms with E-state index in [4.69, 9.17) is 0 Å². The zero-order valence-electron chi connectivity index (χ0n) is 15.2. The van der Waals surface area contributed by atoms with E-state index in [9.17, 15) is 34.8 Å². The van der Waals surface area contributed by atoms with Crippen LogP contribution < -0.4 is 15.3 Å². The second kappa shape index (κ2) is 5.34. The Labute approximate surface area is 157 Å². The van der Waals surface area contributed by atoms with Gasteiger partial charge in [-0.05, 0) is 61.7 Å². The second-order valence-electron chi connectivity index (χ2n) is 9.47. The molecule has 0 aliphatic heterocycles. The van der Waals surface area contributed by atoms with Crippen molar-refractivity contribution in [1.82, 2.24) is 0 Å². The van der Waals surface area contributed by atoms with E-state index in [0.29, 0.717) is 25.7 Å². The molecule has 1 N–H and O–H groups in total. The lowest BCUT2D eigenvalue weighted by atomic mass is 9.51. The number of carboxylic acids is 3. The lowest BCUT2D eigenvalue weighted by Gasteiger charge is -2.56. The maximum atomic E-state index is 12.5. The average molecular weight is 375 g/mol. The molecule has 4 rings (SSSR count). The number of carbonyl (C=O) groups is 3. The topological polar surface area (TPSA) is 141 Å². The SMILES string of the molecule is C=C1C[C@]23C[C@H]1CC[C@H]2[C@]1(C(=O)[O-])C[C@H](O)C[C@@](C)(C(=O)[O-])[C@H]1[C@@H]3C(=O)[O-]. The Bertz CT molecular complexity index is 759. The maximum Gasteiger partial charge on any atom is 0.0558 e. The van der Waals surface area contributed by atoms with E-state index in [-0.39, 0.29) is 18.8 Å². The number of fused-ring (bicyclic) bond motifs is 3. The Morgan fingerprint density at radius 3 is 2.30 bits per heavy atom. The van der Waals surface area contributed by atoms with Gasteiger partial charge < -0.3 is 34.8 Å². The minimum absolute atomic E-state index is 0.112. The van der Waals surface area contributed by atoms with E-state index in [2.05, 4.69) is 6.58 Å². The summed E-state index contributed by atoms with van der Waals surface area (Å²) < 4.78 is 0. The first-order valence-corrected chi connectivity index (χ1v) is 9.50. The monoisotopic (exact) mass is 375 g/mol. The number of allylic oxidation sites excluding steroid dienone is 1. The van der Waals surface area contributed by atoms with Crippen molar-refractivity contribution >= 4 is 17.9 Å². The number of aliphatic carboxylic acids is 3. The summed E-state index contributed by atoms with van der Waals surface area (Å²) >= 11 is 0. The van der Waals surface area contributed by atoms with Gasteiger partial charge in [-0.2, -0.15) is 0 Å². The number of aliphatic hydroxyl groups excluding tert-OH is 1. The quantitative estimate of drug-likeness (QED) is 0.562. The summed E-state index contributed by atoms with van der Waals surface area (Å²) in [5, 5.41) is 47.4. The third kappa shape index (κ3) is 1.98. The van der Waals surface area contributed by atoms with Crippen LogP contribution in [-0.2, 0) is 14.4 Å². The summed E-state index contributed by atoms with van der Waals surface area (Å²) in [6.07, 6.45) is 0.342. The molecule has 1 spiro atoms. The Morgan fingerprint density at radius 1 is 1.07 bits per heavy atom. The molecule has 0 amide bonds. The van der Waals surface area contributed by atoms with Crippen molar-refractivity contribution in [3.05, 3.63) is 12.2 Å². The molecular formula is C20H23O7-3. The van der Waals surface area contributed by atoms with Gasteiger partial charge in [-0.3, -0.25) is 0 Å². The molecule has 0 radical (unpaired) electrons. The largest absolute Gasteiger partial charge is 0.550 e. The van der Waals surface area contributed by atoms with Gasteiger partial charge in [-0.15, -0.1) is 0 Å². The fourth-order valence-corrected chi connectivity index (χ4v) is 7.76. The summed E-state index contributed by atoms with van der Waals surface area (Å²) in [4.78, 5) is 36.9. The van der Waals surface area contributed by atoms with Crippen LogP contribution in [0, 0.1) is 39.9 Å². The minimum Gasteiger partial charge on any atom is -0.550 e. The van der Waals surface area contributed by atoms with Gasteiger partial charge >= 0.3 is 0 Å². The molecule has 4 fully saturated rings. The number of aliphatic hydroxyl groups is 1. The van der Waals surface area contributed by atoms with Crippen molar-refractivity contribution in [2.45, 2.75) is 51.6 Å². The molecule has 8 atom stereocenters. The molecule has 0 saturated heterocycles. The number of hydrogen-bond donors (Lipinski definition) is 1. The molecule has 2 bridgehead atoms. The molecule has 4 aliphatic carbocycles. The predicted octanol–water partition coefficient (Wildman–Crippen LogP) is -2.01. The van der Waals surface area contributed by atoms with Crippen LogP contribution in [-0.4, -0.2) is 29.1 Å². The Balaban J connectivity index is 2.02. The summed E-state index contributed by atoms with van der Waals surface area (Å²) in [6, 6.07) is 0. The first-order chi connectivity index (χ1) is 12.5. The fourth-order valence-electron chi connectivity index (χ4n) is 7.76. The van der Waals surface area contributed by atoms with Gasteiger partial charge in [-0.25, -0.2) is 0 Å². The molecule has 0 heterocycles. The van der Waals surface area contributed by atoms with Crippen LogP contribution in [0.4, 0.5) is 0 Å². The highest BCUT2D eigenvalue weighted by Crippen LogP contribution is 2.77. The van der Waals surface area contributed by atoms with Crippen LogP contribution in [0.3, 0.4) is 0 Å². The lowest BCUT2D eigenvalue weighted by Crippen LogP contribution is -2.63. The van der Waals surface area contributed by atoms with Gasteiger partial charge in [0.15, 0.2) is 0 Å². The van der Waals surface area contributed by atoms with Crippen LogP contribution in [0.15, 0.2) is 12.2 Å². The van der Waals surface area contributed by atoms with E-state index in [1.807, 2.05) is 0 Å². The van der Waals surface area contributed by atoms with Crippen LogP contribution in [0.2, 0.25) is 0 Å². The minimum atomic E-state index is -1.80. The van der Waals surface area contributed by atoms with Gasteiger partial charge in [0.2, 0.25) is 0 Å². The number of rotatable bonds is 3. The predicted molar refractivity (Wildman–Crippen MR) is 84.8 cm³/mol. The van der Waals surface area contributed by atoms with Crippen LogP contribution in [0.5, 0.6) is 0 Å². The molecule has 4 aliphatic rings.